The van der Waals surface area contributed by atoms with E-state index in [9.17, 15) is 0 Å². The summed E-state index contributed by atoms with van der Waals surface area (Å²) in [5.41, 5.74) is 9.30. The number of nitrogen functional groups attached to an aromatic ring is 1. The zero-order valence-electron chi connectivity index (χ0n) is 12.1. The fourth-order valence-electron chi connectivity index (χ4n) is 2.01. The van der Waals surface area contributed by atoms with E-state index >= 15 is 0 Å². The average molecular weight is 295 g/mol. The maximum atomic E-state index is 6.11. The number of ether oxygens (including phenoxy) is 1. The standard InChI is InChI=1S/C14H19ClN4O/c1-5-19-14(13(16)9(3)18-19)17-11-6-8(2)10(15)7-12(11)20-4/h6-7,17H,5,16H2,1-4H3. The molecule has 6 heteroatoms. The zero-order chi connectivity index (χ0) is 14.9. The minimum absolute atomic E-state index is 0.640. The molecule has 0 aliphatic carbocycles. The highest BCUT2D eigenvalue weighted by Crippen LogP contribution is 2.35. The minimum atomic E-state index is 0.640. The van der Waals surface area contributed by atoms with Gasteiger partial charge in [0.2, 0.25) is 0 Å². The van der Waals surface area contributed by atoms with Crippen molar-refractivity contribution in [2.75, 3.05) is 18.2 Å². The largest absolute Gasteiger partial charge is 0.495 e. The van der Waals surface area contributed by atoms with Crippen molar-refractivity contribution in [1.29, 1.82) is 0 Å². The molecule has 0 atom stereocenters. The molecule has 20 heavy (non-hydrogen) atoms. The Hall–Kier alpha value is -1.88. The topological polar surface area (TPSA) is 65.1 Å². The smallest absolute Gasteiger partial charge is 0.152 e. The molecule has 0 saturated carbocycles. The van der Waals surface area contributed by atoms with Crippen molar-refractivity contribution in [3.63, 3.8) is 0 Å². The maximum absolute atomic E-state index is 6.11. The number of nitrogens with zero attached hydrogens (tertiary/aromatic N) is 2. The molecule has 0 aliphatic heterocycles. The van der Waals surface area contributed by atoms with Gasteiger partial charge in [0, 0.05) is 17.6 Å². The highest BCUT2D eigenvalue weighted by molar-refractivity contribution is 6.31. The van der Waals surface area contributed by atoms with Crippen molar-refractivity contribution in [2.24, 2.45) is 0 Å². The van der Waals surface area contributed by atoms with Crippen LogP contribution in [-0.2, 0) is 6.54 Å². The number of nitrogens with two attached hydrogens (primary N) is 1. The molecule has 3 N–H and O–H groups in total. The van der Waals surface area contributed by atoms with E-state index in [2.05, 4.69) is 10.4 Å². The normalized spacial score (nSPS) is 10.7. The van der Waals surface area contributed by atoms with Crippen LogP contribution in [0.2, 0.25) is 5.02 Å². The Labute approximate surface area is 123 Å². The molecular weight excluding hydrogens is 276 g/mol. The van der Waals surface area contributed by atoms with Crippen LogP contribution >= 0.6 is 11.6 Å². The van der Waals surface area contributed by atoms with Gasteiger partial charge in [-0.2, -0.15) is 5.10 Å². The molecule has 1 heterocycles. The Morgan fingerprint density at radius 1 is 1.40 bits per heavy atom. The Morgan fingerprint density at radius 3 is 2.70 bits per heavy atom. The molecule has 0 spiro atoms. The molecule has 5 nitrogen and oxygen atoms in total. The van der Waals surface area contributed by atoms with Crippen molar-refractivity contribution in [3.8, 4) is 5.75 Å². The monoisotopic (exact) mass is 294 g/mol. The summed E-state index contributed by atoms with van der Waals surface area (Å²) in [6.07, 6.45) is 0. The molecule has 0 radical (unpaired) electrons. The molecule has 1 aromatic carbocycles. The predicted molar refractivity (Wildman–Crippen MR) is 83.1 cm³/mol. The number of halogens is 1. The molecule has 2 rings (SSSR count). The van der Waals surface area contributed by atoms with Crippen molar-refractivity contribution in [1.82, 2.24) is 9.78 Å². The first-order valence-electron chi connectivity index (χ1n) is 6.42. The summed E-state index contributed by atoms with van der Waals surface area (Å²) in [6, 6.07) is 3.72. The number of anilines is 3. The van der Waals surface area contributed by atoms with Gasteiger partial charge < -0.3 is 15.8 Å². The van der Waals surface area contributed by atoms with Gasteiger partial charge >= 0.3 is 0 Å². The number of methoxy groups -OCH3 is 1. The SMILES string of the molecule is CCn1nc(C)c(N)c1Nc1cc(C)c(Cl)cc1OC. The summed E-state index contributed by atoms with van der Waals surface area (Å²) >= 11 is 6.11. The fraction of sp³-hybridized carbons (Fsp3) is 0.357. The lowest BCUT2D eigenvalue weighted by molar-refractivity contribution is 0.416. The van der Waals surface area contributed by atoms with Gasteiger partial charge in [-0.3, -0.25) is 0 Å². The average Bonchev–Trinajstić information content (AvgIpc) is 2.70. The fourth-order valence-corrected chi connectivity index (χ4v) is 2.17. The van der Waals surface area contributed by atoms with Gasteiger partial charge in [-0.25, -0.2) is 4.68 Å². The van der Waals surface area contributed by atoms with Crippen LogP contribution in [0, 0.1) is 13.8 Å². The summed E-state index contributed by atoms with van der Waals surface area (Å²) in [5, 5.41) is 8.34. The molecule has 108 valence electrons. The Kier molecular flexibility index (Phi) is 4.09. The molecule has 0 unspecified atom stereocenters. The molecule has 2 aromatic rings. The van der Waals surface area contributed by atoms with Crippen molar-refractivity contribution >= 4 is 28.8 Å². The van der Waals surface area contributed by atoms with E-state index < -0.39 is 0 Å². The van der Waals surface area contributed by atoms with Gasteiger partial charge in [-0.05, 0) is 32.4 Å². The first kappa shape index (κ1) is 14.5. The quantitative estimate of drug-likeness (QED) is 0.905. The van der Waals surface area contributed by atoms with Crippen LogP contribution < -0.4 is 15.8 Å². The molecule has 0 fully saturated rings. The molecule has 0 amide bonds. The lowest BCUT2D eigenvalue weighted by Gasteiger charge is -2.14. The van der Waals surface area contributed by atoms with Gasteiger partial charge in [0.25, 0.3) is 0 Å². The Balaban J connectivity index is 2.47. The molecule has 1 aromatic heterocycles. The third kappa shape index (κ3) is 2.54. The van der Waals surface area contributed by atoms with Crippen molar-refractivity contribution in [2.45, 2.75) is 27.3 Å². The lowest BCUT2D eigenvalue weighted by atomic mass is 10.2. The van der Waals surface area contributed by atoms with E-state index in [-0.39, 0.29) is 0 Å². The second kappa shape index (κ2) is 5.63. The van der Waals surface area contributed by atoms with E-state index in [0.29, 0.717) is 16.5 Å². The van der Waals surface area contributed by atoms with E-state index in [1.165, 1.54) is 0 Å². The summed E-state index contributed by atoms with van der Waals surface area (Å²) in [4.78, 5) is 0. The van der Waals surface area contributed by atoms with Crippen LogP contribution in [0.3, 0.4) is 0 Å². The summed E-state index contributed by atoms with van der Waals surface area (Å²) in [7, 11) is 1.61. The third-order valence-electron chi connectivity index (χ3n) is 3.21. The van der Waals surface area contributed by atoms with Crippen LogP contribution in [0.1, 0.15) is 18.2 Å². The van der Waals surface area contributed by atoms with Crippen LogP contribution in [0.15, 0.2) is 12.1 Å². The number of rotatable bonds is 4. The zero-order valence-corrected chi connectivity index (χ0v) is 12.9. The van der Waals surface area contributed by atoms with E-state index in [0.717, 1.165) is 29.3 Å². The lowest BCUT2D eigenvalue weighted by Crippen LogP contribution is -2.05. The molecule has 0 aliphatic rings. The Bertz CT molecular complexity index is 637. The number of hydrogen-bond acceptors (Lipinski definition) is 4. The van der Waals surface area contributed by atoms with Crippen molar-refractivity contribution in [3.05, 3.63) is 28.4 Å². The summed E-state index contributed by atoms with van der Waals surface area (Å²) in [5.74, 6) is 1.44. The van der Waals surface area contributed by atoms with Gasteiger partial charge in [0.1, 0.15) is 5.75 Å². The van der Waals surface area contributed by atoms with E-state index in [1.807, 2.05) is 31.5 Å². The maximum Gasteiger partial charge on any atom is 0.152 e. The van der Waals surface area contributed by atoms with Crippen molar-refractivity contribution < 1.29 is 4.74 Å². The number of hydrogen-bond donors (Lipinski definition) is 2. The van der Waals surface area contributed by atoms with E-state index in [4.69, 9.17) is 22.1 Å². The summed E-state index contributed by atoms with van der Waals surface area (Å²) < 4.78 is 7.18. The molecule has 0 bridgehead atoms. The second-order valence-electron chi connectivity index (χ2n) is 4.59. The van der Waals surface area contributed by atoms with Gasteiger partial charge in [0.05, 0.1) is 24.2 Å². The number of benzene rings is 1. The van der Waals surface area contributed by atoms with Crippen LogP contribution in [-0.4, -0.2) is 16.9 Å². The minimum Gasteiger partial charge on any atom is -0.495 e. The van der Waals surface area contributed by atoms with Gasteiger partial charge in [-0.15, -0.1) is 0 Å². The predicted octanol–water partition coefficient (Wildman–Crippen LogP) is 3.51. The first-order valence-corrected chi connectivity index (χ1v) is 6.79. The summed E-state index contributed by atoms with van der Waals surface area (Å²) in [6.45, 7) is 6.58. The molecule has 0 saturated heterocycles. The second-order valence-corrected chi connectivity index (χ2v) is 5.00. The number of nitrogens with one attached hydrogen (secondary N) is 1. The van der Waals surface area contributed by atoms with E-state index in [1.54, 1.807) is 13.2 Å². The third-order valence-corrected chi connectivity index (χ3v) is 3.61. The van der Waals surface area contributed by atoms with Gasteiger partial charge in [-0.1, -0.05) is 11.6 Å². The van der Waals surface area contributed by atoms with Gasteiger partial charge in [0.15, 0.2) is 5.82 Å². The Morgan fingerprint density at radius 2 is 2.10 bits per heavy atom. The number of aryl methyl sites for hydroxylation is 3. The first-order chi connectivity index (χ1) is 9.47. The molecular formula is C14H19ClN4O. The number of aromatic nitrogens is 2. The highest BCUT2D eigenvalue weighted by Gasteiger charge is 2.14. The van der Waals surface area contributed by atoms with Crippen LogP contribution in [0.25, 0.3) is 0 Å². The van der Waals surface area contributed by atoms with Crippen LogP contribution in [0.4, 0.5) is 17.2 Å². The van der Waals surface area contributed by atoms with Crippen LogP contribution in [0.5, 0.6) is 5.75 Å². The highest BCUT2D eigenvalue weighted by atomic mass is 35.5.